The number of benzene rings is 1. The summed E-state index contributed by atoms with van der Waals surface area (Å²) < 4.78 is 35.2. The van der Waals surface area contributed by atoms with E-state index < -0.39 is 17.4 Å². The standard InChI is InChI=1S/C24H23F2N7O2/c1-13-9-16-21(26)18(10-17(25)22(16)31-13)35-24-20(14(2)34)23(29-12-30-24)32-19-4-3-15(11-28-19)33-7-5-27-6-8-33/h3-4,9-12,27,31H,5-8H2,1-2H3,(H,28,29,30,32). The molecule has 0 amide bonds. The van der Waals surface area contributed by atoms with Crippen LogP contribution >= 0.6 is 0 Å². The number of H-pyrrole nitrogens is 1. The van der Waals surface area contributed by atoms with E-state index >= 15 is 4.39 Å². The van der Waals surface area contributed by atoms with Gasteiger partial charge in [-0.3, -0.25) is 4.79 Å². The van der Waals surface area contributed by atoms with Crippen molar-refractivity contribution < 1.29 is 18.3 Å². The molecule has 4 aromatic rings. The molecule has 35 heavy (non-hydrogen) atoms. The van der Waals surface area contributed by atoms with Gasteiger partial charge in [-0.25, -0.2) is 23.7 Å². The Kier molecular flexibility index (Phi) is 6.00. The zero-order chi connectivity index (χ0) is 24.5. The molecule has 0 aliphatic carbocycles. The molecule has 0 spiro atoms. The normalized spacial score (nSPS) is 13.8. The molecule has 3 aromatic heterocycles. The third-order valence-electron chi connectivity index (χ3n) is 5.75. The van der Waals surface area contributed by atoms with Crippen LogP contribution in [0.25, 0.3) is 10.9 Å². The Balaban J connectivity index is 1.44. The van der Waals surface area contributed by atoms with Crippen molar-refractivity contribution >= 4 is 34.0 Å². The molecule has 1 saturated heterocycles. The number of aryl methyl sites for hydroxylation is 1. The lowest BCUT2D eigenvalue weighted by Crippen LogP contribution is -2.43. The van der Waals surface area contributed by atoms with E-state index in [9.17, 15) is 9.18 Å². The second-order valence-corrected chi connectivity index (χ2v) is 8.24. The van der Waals surface area contributed by atoms with Crippen molar-refractivity contribution in [2.45, 2.75) is 13.8 Å². The fraction of sp³-hybridized carbons (Fsp3) is 0.250. The first-order valence-electron chi connectivity index (χ1n) is 11.1. The molecule has 0 bridgehead atoms. The number of nitrogens with zero attached hydrogens (tertiary/aromatic N) is 4. The van der Waals surface area contributed by atoms with Crippen molar-refractivity contribution in [3.63, 3.8) is 0 Å². The quantitative estimate of drug-likeness (QED) is 0.355. The Labute approximate surface area is 199 Å². The maximum absolute atomic E-state index is 15.0. The molecule has 11 heteroatoms. The van der Waals surface area contributed by atoms with Crippen LogP contribution in [0.4, 0.5) is 26.1 Å². The van der Waals surface area contributed by atoms with Gasteiger partial charge in [0.2, 0.25) is 5.88 Å². The molecule has 9 nitrogen and oxygen atoms in total. The van der Waals surface area contributed by atoms with Gasteiger partial charge in [0.25, 0.3) is 0 Å². The maximum Gasteiger partial charge on any atom is 0.235 e. The van der Waals surface area contributed by atoms with Gasteiger partial charge in [-0.15, -0.1) is 0 Å². The van der Waals surface area contributed by atoms with Gasteiger partial charge >= 0.3 is 0 Å². The molecule has 0 atom stereocenters. The second kappa shape index (κ2) is 9.26. The SMILES string of the molecule is CC(=O)c1c(Nc2ccc(N3CCNCC3)cn2)ncnc1Oc1cc(F)c2[nH]c(C)cc2c1F. The maximum atomic E-state index is 15.0. The Hall–Kier alpha value is -4.12. The van der Waals surface area contributed by atoms with Crippen LogP contribution in [0.3, 0.4) is 0 Å². The van der Waals surface area contributed by atoms with Gasteiger partial charge in [-0.05, 0) is 32.0 Å². The summed E-state index contributed by atoms with van der Waals surface area (Å²) in [6.45, 7) is 6.61. The minimum Gasteiger partial charge on any atom is -0.435 e. The monoisotopic (exact) mass is 479 g/mol. The Morgan fingerprint density at radius 2 is 1.94 bits per heavy atom. The van der Waals surface area contributed by atoms with Crippen LogP contribution in [-0.2, 0) is 0 Å². The highest BCUT2D eigenvalue weighted by Crippen LogP contribution is 2.34. The van der Waals surface area contributed by atoms with Crippen LogP contribution in [0.15, 0.2) is 36.8 Å². The van der Waals surface area contributed by atoms with Crippen molar-refractivity contribution in [3.05, 3.63) is 59.7 Å². The lowest BCUT2D eigenvalue weighted by molar-refractivity contribution is 0.101. The second-order valence-electron chi connectivity index (χ2n) is 8.24. The number of rotatable bonds is 6. The van der Waals surface area contributed by atoms with Crippen LogP contribution in [0.2, 0.25) is 0 Å². The lowest BCUT2D eigenvalue weighted by Gasteiger charge is -2.29. The predicted octanol–water partition coefficient (Wildman–Crippen LogP) is 4.09. The van der Waals surface area contributed by atoms with E-state index in [4.69, 9.17) is 4.74 Å². The molecule has 1 aliphatic heterocycles. The Morgan fingerprint density at radius 1 is 1.14 bits per heavy atom. The number of hydrogen-bond donors (Lipinski definition) is 3. The Morgan fingerprint density at radius 3 is 2.66 bits per heavy atom. The molecule has 4 heterocycles. The number of Topliss-reactive ketones (excluding diaryl/α,β-unsaturated/α-hetero) is 1. The van der Waals surface area contributed by atoms with Crippen molar-refractivity contribution in [3.8, 4) is 11.6 Å². The van der Waals surface area contributed by atoms with Crippen molar-refractivity contribution in [1.29, 1.82) is 0 Å². The number of aromatic amines is 1. The van der Waals surface area contributed by atoms with Crippen molar-refractivity contribution in [2.75, 3.05) is 36.4 Å². The zero-order valence-electron chi connectivity index (χ0n) is 19.2. The number of aromatic nitrogens is 4. The van der Waals surface area contributed by atoms with Crippen LogP contribution in [0.5, 0.6) is 11.6 Å². The van der Waals surface area contributed by atoms with Gasteiger partial charge in [0.1, 0.15) is 23.5 Å². The number of ketones is 1. The van der Waals surface area contributed by atoms with Crippen LogP contribution in [-0.4, -0.2) is 51.9 Å². The molecule has 1 aromatic carbocycles. The highest BCUT2D eigenvalue weighted by atomic mass is 19.1. The smallest absolute Gasteiger partial charge is 0.235 e. The summed E-state index contributed by atoms with van der Waals surface area (Å²) in [5.74, 6) is -1.85. The van der Waals surface area contributed by atoms with Gasteiger partial charge in [0.05, 0.1) is 17.4 Å². The van der Waals surface area contributed by atoms with Crippen LogP contribution < -0.4 is 20.3 Å². The fourth-order valence-electron chi connectivity index (χ4n) is 4.06. The summed E-state index contributed by atoms with van der Waals surface area (Å²) in [7, 11) is 0. The average Bonchev–Trinajstić information content (AvgIpc) is 3.26. The number of pyridine rings is 1. The van der Waals surface area contributed by atoms with Gasteiger partial charge in [-0.1, -0.05) is 0 Å². The van der Waals surface area contributed by atoms with Crippen molar-refractivity contribution in [1.82, 2.24) is 25.3 Å². The molecule has 0 saturated carbocycles. The van der Waals surface area contributed by atoms with E-state index in [2.05, 4.69) is 35.5 Å². The summed E-state index contributed by atoms with van der Waals surface area (Å²) in [6, 6.07) is 6.11. The van der Waals surface area contributed by atoms with E-state index in [1.54, 1.807) is 19.2 Å². The average molecular weight is 479 g/mol. The molecule has 0 radical (unpaired) electrons. The summed E-state index contributed by atoms with van der Waals surface area (Å²) in [5.41, 5.74) is 1.62. The number of anilines is 3. The van der Waals surface area contributed by atoms with Crippen LogP contribution in [0, 0.1) is 18.6 Å². The van der Waals surface area contributed by atoms with Gasteiger partial charge < -0.3 is 25.3 Å². The fourth-order valence-corrected chi connectivity index (χ4v) is 4.06. The number of ether oxygens (including phenoxy) is 1. The number of nitrogens with one attached hydrogen (secondary N) is 3. The minimum atomic E-state index is -0.765. The number of halogens is 2. The minimum absolute atomic E-state index is 0.00867. The van der Waals surface area contributed by atoms with Gasteiger partial charge in [-0.2, -0.15) is 0 Å². The first-order chi connectivity index (χ1) is 16.9. The summed E-state index contributed by atoms with van der Waals surface area (Å²) in [5, 5.41) is 6.35. The zero-order valence-corrected chi connectivity index (χ0v) is 19.2. The molecule has 1 aliphatic rings. The van der Waals surface area contributed by atoms with E-state index in [-0.39, 0.29) is 33.9 Å². The number of piperazine rings is 1. The molecule has 5 rings (SSSR count). The van der Waals surface area contributed by atoms with E-state index in [0.717, 1.165) is 37.9 Å². The molecular weight excluding hydrogens is 456 g/mol. The third-order valence-corrected chi connectivity index (χ3v) is 5.75. The van der Waals surface area contributed by atoms with E-state index in [1.165, 1.54) is 19.3 Å². The first kappa shape index (κ1) is 22.7. The molecule has 0 unspecified atom stereocenters. The first-order valence-corrected chi connectivity index (χ1v) is 11.1. The largest absolute Gasteiger partial charge is 0.435 e. The number of carbonyl (C=O) groups is 1. The molecule has 180 valence electrons. The van der Waals surface area contributed by atoms with Gasteiger partial charge in [0, 0.05) is 43.3 Å². The predicted molar refractivity (Wildman–Crippen MR) is 128 cm³/mol. The van der Waals surface area contributed by atoms with E-state index in [0.29, 0.717) is 11.5 Å². The summed E-state index contributed by atoms with van der Waals surface area (Å²) >= 11 is 0. The Bertz CT molecular complexity index is 1400. The number of fused-ring (bicyclic) bond motifs is 1. The van der Waals surface area contributed by atoms with E-state index in [1.807, 2.05) is 6.07 Å². The van der Waals surface area contributed by atoms with Crippen molar-refractivity contribution in [2.24, 2.45) is 0 Å². The third kappa shape index (κ3) is 4.50. The molecule has 3 N–H and O–H groups in total. The van der Waals surface area contributed by atoms with Crippen LogP contribution in [0.1, 0.15) is 23.0 Å². The van der Waals surface area contributed by atoms with Gasteiger partial charge in [0.15, 0.2) is 23.2 Å². The topological polar surface area (TPSA) is 108 Å². The lowest BCUT2D eigenvalue weighted by atomic mass is 10.2. The molecule has 1 fully saturated rings. The number of hydrogen-bond acceptors (Lipinski definition) is 8. The highest BCUT2D eigenvalue weighted by molar-refractivity contribution is 6.01. The summed E-state index contributed by atoms with van der Waals surface area (Å²) in [4.78, 5) is 30.1. The summed E-state index contributed by atoms with van der Waals surface area (Å²) in [6.07, 6.45) is 2.92. The number of carbonyl (C=O) groups excluding carboxylic acids is 1. The highest BCUT2D eigenvalue weighted by Gasteiger charge is 2.22. The molecular formula is C24H23F2N7O2.